The van der Waals surface area contributed by atoms with Gasteiger partial charge in [0.1, 0.15) is 5.56 Å². The van der Waals surface area contributed by atoms with Crippen molar-refractivity contribution >= 4 is 40.1 Å². The van der Waals surface area contributed by atoms with E-state index in [2.05, 4.69) is 4.98 Å². The number of pyridine rings is 1. The Morgan fingerprint density at radius 1 is 1.41 bits per heavy atom. The molecule has 1 aromatic heterocycles. The Morgan fingerprint density at radius 2 is 2.18 bits per heavy atom. The van der Waals surface area contributed by atoms with Gasteiger partial charge in [-0.2, -0.15) is 0 Å². The Hall–Kier alpha value is -1.32. The molecule has 0 saturated heterocycles. The highest BCUT2D eigenvalue weighted by molar-refractivity contribution is 6.35. The summed E-state index contributed by atoms with van der Waals surface area (Å²) in [6, 6.07) is 5.12. The van der Waals surface area contributed by atoms with E-state index in [4.69, 9.17) is 27.9 Å². The van der Waals surface area contributed by atoms with Crippen LogP contribution in [0.3, 0.4) is 0 Å². The van der Waals surface area contributed by atoms with Crippen molar-refractivity contribution < 1.29 is 9.53 Å². The topological polar surface area (TPSA) is 39.2 Å². The highest BCUT2D eigenvalue weighted by Gasteiger charge is 2.16. The summed E-state index contributed by atoms with van der Waals surface area (Å²) in [5.74, 6) is -0.474. The summed E-state index contributed by atoms with van der Waals surface area (Å²) in [4.78, 5) is 15.9. The van der Waals surface area contributed by atoms with E-state index in [9.17, 15) is 4.79 Å². The number of carbonyl (C=O) groups excluding carboxylic acids is 1. The van der Waals surface area contributed by atoms with E-state index in [-0.39, 0.29) is 5.56 Å². The van der Waals surface area contributed by atoms with Crippen molar-refractivity contribution in [3.63, 3.8) is 0 Å². The molecule has 0 unspecified atom stereocenters. The molecular weight excluding hydrogens is 261 g/mol. The van der Waals surface area contributed by atoms with Crippen LogP contribution in [-0.2, 0) is 4.74 Å². The summed E-state index contributed by atoms with van der Waals surface area (Å²) >= 11 is 11.8. The van der Waals surface area contributed by atoms with Crippen LogP contribution < -0.4 is 0 Å². The second kappa shape index (κ2) is 4.90. The highest BCUT2D eigenvalue weighted by atomic mass is 35.5. The highest BCUT2D eigenvalue weighted by Crippen LogP contribution is 2.27. The van der Waals surface area contributed by atoms with Crippen LogP contribution in [0.2, 0.25) is 10.0 Å². The maximum Gasteiger partial charge on any atom is 0.341 e. The SMILES string of the molecule is CCOC(=O)c1c(Cl)ccc2cc(Cl)cnc12. The van der Waals surface area contributed by atoms with Gasteiger partial charge in [-0.25, -0.2) is 4.79 Å². The lowest BCUT2D eigenvalue weighted by molar-refractivity contribution is 0.0528. The third-order valence-corrected chi connectivity index (χ3v) is 2.77. The number of hydrogen-bond acceptors (Lipinski definition) is 3. The molecular formula is C12H9Cl2NO2. The van der Waals surface area contributed by atoms with Crippen LogP contribution >= 0.6 is 23.2 Å². The maximum absolute atomic E-state index is 11.8. The minimum Gasteiger partial charge on any atom is -0.462 e. The Morgan fingerprint density at radius 3 is 2.88 bits per heavy atom. The first-order valence-electron chi connectivity index (χ1n) is 5.04. The number of esters is 1. The van der Waals surface area contributed by atoms with E-state index < -0.39 is 5.97 Å². The molecule has 1 aromatic carbocycles. The summed E-state index contributed by atoms with van der Waals surface area (Å²) in [6.45, 7) is 2.03. The zero-order valence-corrected chi connectivity index (χ0v) is 10.5. The zero-order chi connectivity index (χ0) is 12.4. The minimum atomic E-state index is -0.474. The van der Waals surface area contributed by atoms with Crippen LogP contribution in [-0.4, -0.2) is 17.6 Å². The van der Waals surface area contributed by atoms with Crippen LogP contribution in [0.1, 0.15) is 17.3 Å². The largest absolute Gasteiger partial charge is 0.462 e. The van der Waals surface area contributed by atoms with Gasteiger partial charge in [0.25, 0.3) is 0 Å². The molecule has 1 heterocycles. The van der Waals surface area contributed by atoms with Gasteiger partial charge in [0.05, 0.1) is 22.2 Å². The minimum absolute atomic E-state index is 0.280. The summed E-state index contributed by atoms with van der Waals surface area (Å²) in [7, 11) is 0. The van der Waals surface area contributed by atoms with Gasteiger partial charge in [0.15, 0.2) is 0 Å². The van der Waals surface area contributed by atoms with Crippen molar-refractivity contribution in [2.24, 2.45) is 0 Å². The lowest BCUT2D eigenvalue weighted by Gasteiger charge is -2.07. The zero-order valence-electron chi connectivity index (χ0n) is 9.04. The quantitative estimate of drug-likeness (QED) is 0.781. The van der Waals surface area contributed by atoms with Crippen molar-refractivity contribution in [2.75, 3.05) is 6.61 Å². The second-order valence-electron chi connectivity index (χ2n) is 3.37. The molecule has 0 spiro atoms. The first-order valence-corrected chi connectivity index (χ1v) is 5.80. The third kappa shape index (κ3) is 2.35. The number of hydrogen-bond donors (Lipinski definition) is 0. The van der Waals surface area contributed by atoms with Crippen LogP contribution in [0, 0.1) is 0 Å². The molecule has 0 radical (unpaired) electrons. The van der Waals surface area contributed by atoms with Gasteiger partial charge in [-0.1, -0.05) is 29.3 Å². The molecule has 88 valence electrons. The van der Waals surface area contributed by atoms with Gasteiger partial charge in [0, 0.05) is 11.6 Å². The first kappa shape index (κ1) is 12.1. The normalized spacial score (nSPS) is 10.5. The number of halogens is 2. The number of benzene rings is 1. The van der Waals surface area contributed by atoms with Crippen molar-refractivity contribution in [1.82, 2.24) is 4.98 Å². The third-order valence-electron chi connectivity index (χ3n) is 2.25. The summed E-state index contributed by atoms with van der Waals surface area (Å²) in [6.07, 6.45) is 1.48. The molecule has 0 aliphatic carbocycles. The Bertz CT molecular complexity index is 584. The van der Waals surface area contributed by atoms with E-state index in [0.29, 0.717) is 22.2 Å². The van der Waals surface area contributed by atoms with E-state index in [1.165, 1.54) is 6.20 Å². The first-order chi connectivity index (χ1) is 8.13. The van der Waals surface area contributed by atoms with Crippen LogP contribution in [0.15, 0.2) is 24.4 Å². The molecule has 17 heavy (non-hydrogen) atoms. The smallest absolute Gasteiger partial charge is 0.341 e. The van der Waals surface area contributed by atoms with Gasteiger partial charge in [0.2, 0.25) is 0 Å². The number of nitrogens with zero attached hydrogens (tertiary/aromatic N) is 1. The van der Waals surface area contributed by atoms with Gasteiger partial charge in [-0.3, -0.25) is 4.98 Å². The molecule has 3 nitrogen and oxygen atoms in total. The van der Waals surface area contributed by atoms with Crippen LogP contribution in [0.25, 0.3) is 10.9 Å². The number of aromatic nitrogens is 1. The number of carbonyl (C=O) groups is 1. The lowest BCUT2D eigenvalue weighted by Crippen LogP contribution is -2.07. The van der Waals surface area contributed by atoms with E-state index >= 15 is 0 Å². The van der Waals surface area contributed by atoms with E-state index in [1.807, 2.05) is 0 Å². The number of fused-ring (bicyclic) bond motifs is 1. The van der Waals surface area contributed by atoms with E-state index in [1.54, 1.807) is 25.1 Å². The van der Waals surface area contributed by atoms with Gasteiger partial charge in [-0.05, 0) is 19.1 Å². The average molecular weight is 270 g/mol. The molecule has 5 heteroatoms. The molecule has 0 fully saturated rings. The fourth-order valence-electron chi connectivity index (χ4n) is 1.55. The molecule has 0 bridgehead atoms. The van der Waals surface area contributed by atoms with Crippen molar-refractivity contribution in [3.05, 3.63) is 40.0 Å². The fraction of sp³-hybridized carbons (Fsp3) is 0.167. The predicted octanol–water partition coefficient (Wildman–Crippen LogP) is 3.72. The number of rotatable bonds is 2. The predicted molar refractivity (Wildman–Crippen MR) is 67.7 cm³/mol. The van der Waals surface area contributed by atoms with Gasteiger partial charge >= 0.3 is 5.97 Å². The van der Waals surface area contributed by atoms with Crippen molar-refractivity contribution in [3.8, 4) is 0 Å². The maximum atomic E-state index is 11.8. The van der Waals surface area contributed by atoms with Gasteiger partial charge < -0.3 is 4.74 Å². The summed E-state index contributed by atoms with van der Waals surface area (Å²) in [5, 5.41) is 1.59. The summed E-state index contributed by atoms with van der Waals surface area (Å²) < 4.78 is 4.95. The summed E-state index contributed by atoms with van der Waals surface area (Å²) in [5.41, 5.74) is 0.781. The second-order valence-corrected chi connectivity index (χ2v) is 4.21. The Balaban J connectivity index is 2.67. The standard InChI is InChI=1S/C12H9Cl2NO2/c1-2-17-12(16)10-9(14)4-3-7-5-8(13)6-15-11(7)10/h3-6H,2H2,1H3. The molecule has 2 aromatic rings. The monoisotopic (exact) mass is 269 g/mol. The average Bonchev–Trinajstić information content (AvgIpc) is 2.29. The van der Waals surface area contributed by atoms with Crippen molar-refractivity contribution in [1.29, 1.82) is 0 Å². The Kier molecular flexibility index (Phi) is 3.50. The fourth-order valence-corrected chi connectivity index (χ4v) is 1.94. The van der Waals surface area contributed by atoms with Crippen molar-refractivity contribution in [2.45, 2.75) is 6.92 Å². The molecule has 0 aliphatic rings. The molecule has 0 atom stereocenters. The van der Waals surface area contributed by atoms with E-state index in [0.717, 1.165) is 5.39 Å². The Labute approximate surface area is 108 Å². The van der Waals surface area contributed by atoms with Crippen LogP contribution in [0.4, 0.5) is 0 Å². The lowest BCUT2D eigenvalue weighted by atomic mass is 10.1. The molecule has 0 aliphatic heterocycles. The molecule has 2 rings (SSSR count). The molecule has 0 amide bonds. The van der Waals surface area contributed by atoms with Crippen LogP contribution in [0.5, 0.6) is 0 Å². The molecule has 0 saturated carbocycles. The van der Waals surface area contributed by atoms with Gasteiger partial charge in [-0.15, -0.1) is 0 Å². The number of ether oxygens (including phenoxy) is 1. The molecule has 0 N–H and O–H groups in total.